The van der Waals surface area contributed by atoms with Crippen LogP contribution in [0.4, 0.5) is 0 Å². The van der Waals surface area contributed by atoms with Crippen LogP contribution in [0.1, 0.15) is 24.6 Å². The van der Waals surface area contributed by atoms with Crippen LogP contribution >= 0.6 is 0 Å². The summed E-state index contributed by atoms with van der Waals surface area (Å²) in [5.41, 5.74) is 0.544. The van der Waals surface area contributed by atoms with E-state index in [0.29, 0.717) is 18.0 Å². The van der Waals surface area contributed by atoms with Crippen molar-refractivity contribution >= 4 is 11.9 Å². The zero-order valence-electron chi connectivity index (χ0n) is 10.9. The number of aromatic nitrogens is 1. The fraction of sp³-hybridized carbons (Fsp3) is 0.462. The van der Waals surface area contributed by atoms with E-state index in [4.69, 9.17) is 4.74 Å². The Kier molecular flexibility index (Phi) is 3.69. The van der Waals surface area contributed by atoms with Crippen molar-refractivity contribution in [3.8, 4) is 5.88 Å². The molecule has 2 rings (SSSR count). The fourth-order valence-electron chi connectivity index (χ4n) is 2.41. The minimum Gasteiger partial charge on any atom is -0.481 e. The number of ether oxygens (including phenoxy) is 1. The van der Waals surface area contributed by atoms with Gasteiger partial charge < -0.3 is 14.7 Å². The predicted octanol–water partition coefficient (Wildman–Crippen LogP) is 1.08. The molecule has 1 saturated heterocycles. The molecule has 1 N–H and O–H groups in total. The fourth-order valence-corrected chi connectivity index (χ4v) is 2.41. The van der Waals surface area contributed by atoms with Gasteiger partial charge in [-0.1, -0.05) is 6.07 Å². The summed E-state index contributed by atoms with van der Waals surface area (Å²) < 4.78 is 5.04. The van der Waals surface area contributed by atoms with Gasteiger partial charge in [0.25, 0.3) is 0 Å². The van der Waals surface area contributed by atoms with Crippen molar-refractivity contribution in [3.63, 3.8) is 0 Å². The van der Waals surface area contributed by atoms with Crippen LogP contribution in [0, 0.1) is 5.92 Å². The molecule has 2 atom stereocenters. The van der Waals surface area contributed by atoms with Gasteiger partial charge in [-0.25, -0.2) is 4.98 Å². The lowest BCUT2D eigenvalue weighted by Gasteiger charge is -2.36. The highest BCUT2D eigenvalue weighted by atomic mass is 16.5. The normalized spacial score (nSPS) is 23.3. The van der Waals surface area contributed by atoms with Gasteiger partial charge in [-0.05, 0) is 12.5 Å². The number of carboxylic acid groups (broad SMARTS) is 1. The maximum atomic E-state index is 11.8. The molecule has 2 unspecified atom stereocenters. The van der Waals surface area contributed by atoms with Gasteiger partial charge in [0.1, 0.15) is 0 Å². The van der Waals surface area contributed by atoms with Crippen molar-refractivity contribution in [1.29, 1.82) is 0 Å². The van der Waals surface area contributed by atoms with Crippen LogP contribution in [0.2, 0.25) is 0 Å². The van der Waals surface area contributed by atoms with Crippen molar-refractivity contribution in [2.45, 2.75) is 18.9 Å². The topological polar surface area (TPSA) is 79.7 Å². The summed E-state index contributed by atoms with van der Waals surface area (Å²) in [5.74, 6) is -1.20. The molecule has 0 radical (unpaired) electrons. The average molecular weight is 264 g/mol. The lowest BCUT2D eigenvalue weighted by atomic mass is 9.87. The Balaban J connectivity index is 2.40. The molecule has 1 amide bonds. The van der Waals surface area contributed by atoms with Gasteiger partial charge in [0.2, 0.25) is 11.8 Å². The monoisotopic (exact) mass is 264 g/mol. The highest BCUT2D eigenvalue weighted by Gasteiger charge is 2.39. The molecule has 0 bridgehead atoms. The summed E-state index contributed by atoms with van der Waals surface area (Å²) in [7, 11) is 3.11. The van der Waals surface area contributed by atoms with E-state index in [0.717, 1.165) is 0 Å². The second-order valence-corrected chi connectivity index (χ2v) is 4.54. The summed E-state index contributed by atoms with van der Waals surface area (Å²) >= 11 is 0. The SMILES string of the molecule is COc1cccc(C2C(C(=O)O)CCC(=O)N2C)n1. The standard InChI is InChI=1S/C13H16N2O4/c1-15-11(16)7-6-8(13(17)18)12(15)9-4-3-5-10(14-9)19-2/h3-5,8,12H,6-7H2,1-2H3,(H,17,18). The molecule has 2 heterocycles. The second kappa shape index (κ2) is 5.26. The first-order chi connectivity index (χ1) is 9.04. The first kappa shape index (κ1) is 13.3. The van der Waals surface area contributed by atoms with Crippen LogP contribution in [0.3, 0.4) is 0 Å². The predicted molar refractivity (Wildman–Crippen MR) is 66.7 cm³/mol. The number of carbonyl (C=O) groups excluding carboxylic acids is 1. The molecule has 6 nitrogen and oxygen atoms in total. The van der Waals surface area contributed by atoms with Crippen LogP contribution in [0.25, 0.3) is 0 Å². The largest absolute Gasteiger partial charge is 0.481 e. The van der Waals surface area contributed by atoms with E-state index in [9.17, 15) is 14.7 Å². The third kappa shape index (κ3) is 2.52. The zero-order valence-corrected chi connectivity index (χ0v) is 10.9. The summed E-state index contributed by atoms with van der Waals surface area (Å²) in [6, 6.07) is 4.60. The van der Waals surface area contributed by atoms with Crippen LogP contribution in [-0.2, 0) is 9.59 Å². The van der Waals surface area contributed by atoms with Gasteiger partial charge in [0.05, 0.1) is 24.8 Å². The molecule has 0 aliphatic carbocycles. The molecule has 6 heteroatoms. The van der Waals surface area contributed by atoms with Crippen molar-refractivity contribution in [3.05, 3.63) is 23.9 Å². The molecule has 0 spiro atoms. The smallest absolute Gasteiger partial charge is 0.309 e. The van der Waals surface area contributed by atoms with Gasteiger partial charge in [-0.2, -0.15) is 0 Å². The van der Waals surface area contributed by atoms with Gasteiger partial charge >= 0.3 is 5.97 Å². The van der Waals surface area contributed by atoms with Crippen molar-refractivity contribution in [2.24, 2.45) is 5.92 Å². The molecule has 1 aliphatic rings. The molecule has 1 aliphatic heterocycles. The van der Waals surface area contributed by atoms with E-state index >= 15 is 0 Å². The Labute approximate surface area is 111 Å². The molecular weight excluding hydrogens is 248 g/mol. The van der Waals surface area contributed by atoms with Crippen LogP contribution in [0.5, 0.6) is 5.88 Å². The van der Waals surface area contributed by atoms with E-state index in [1.807, 2.05) is 0 Å². The summed E-state index contributed by atoms with van der Waals surface area (Å²) in [4.78, 5) is 28.8. The first-order valence-electron chi connectivity index (χ1n) is 6.04. The number of aliphatic carboxylic acids is 1. The Bertz CT molecular complexity index is 503. The number of likely N-dealkylation sites (tertiary alicyclic amines) is 1. The quantitative estimate of drug-likeness (QED) is 0.883. The van der Waals surface area contributed by atoms with Gasteiger partial charge in [0, 0.05) is 19.5 Å². The Hall–Kier alpha value is -2.11. The molecule has 19 heavy (non-hydrogen) atoms. The molecule has 102 valence electrons. The minimum atomic E-state index is -0.908. The maximum absolute atomic E-state index is 11.8. The molecule has 0 aromatic carbocycles. The Morgan fingerprint density at radius 3 is 2.89 bits per heavy atom. The molecule has 1 aromatic rings. The van der Waals surface area contributed by atoms with Gasteiger partial charge in [0.15, 0.2) is 0 Å². The van der Waals surface area contributed by atoms with E-state index in [2.05, 4.69) is 4.98 Å². The van der Waals surface area contributed by atoms with E-state index in [1.165, 1.54) is 12.0 Å². The third-order valence-corrected chi connectivity index (χ3v) is 3.44. The van der Waals surface area contributed by atoms with Crippen LogP contribution in [0.15, 0.2) is 18.2 Å². The highest BCUT2D eigenvalue weighted by molar-refractivity contribution is 5.81. The molecule has 0 saturated carbocycles. The number of nitrogens with zero attached hydrogens (tertiary/aromatic N) is 2. The number of piperidine rings is 1. The van der Waals surface area contributed by atoms with Gasteiger partial charge in [-0.15, -0.1) is 0 Å². The number of carbonyl (C=O) groups is 2. The van der Waals surface area contributed by atoms with Crippen molar-refractivity contribution in [1.82, 2.24) is 9.88 Å². The highest BCUT2D eigenvalue weighted by Crippen LogP contribution is 2.35. The Morgan fingerprint density at radius 2 is 2.26 bits per heavy atom. The van der Waals surface area contributed by atoms with Crippen molar-refractivity contribution in [2.75, 3.05) is 14.2 Å². The lowest BCUT2D eigenvalue weighted by Crippen LogP contribution is -2.43. The summed E-state index contributed by atoms with van der Waals surface area (Å²) in [5, 5.41) is 9.30. The lowest BCUT2D eigenvalue weighted by molar-refractivity contribution is -0.151. The number of rotatable bonds is 3. The van der Waals surface area contributed by atoms with Crippen LogP contribution in [-0.4, -0.2) is 41.0 Å². The number of pyridine rings is 1. The van der Waals surface area contributed by atoms with E-state index < -0.39 is 17.9 Å². The molecule has 1 aromatic heterocycles. The van der Waals surface area contributed by atoms with Crippen LogP contribution < -0.4 is 4.74 Å². The number of amides is 1. The number of methoxy groups -OCH3 is 1. The summed E-state index contributed by atoms with van der Waals surface area (Å²) in [6.45, 7) is 0. The zero-order chi connectivity index (χ0) is 14.0. The third-order valence-electron chi connectivity index (χ3n) is 3.44. The summed E-state index contributed by atoms with van der Waals surface area (Å²) in [6.07, 6.45) is 0.593. The number of hydrogen-bond acceptors (Lipinski definition) is 4. The van der Waals surface area contributed by atoms with E-state index in [-0.39, 0.29) is 12.3 Å². The minimum absolute atomic E-state index is 0.0629. The maximum Gasteiger partial charge on any atom is 0.309 e. The number of hydrogen-bond donors (Lipinski definition) is 1. The van der Waals surface area contributed by atoms with Gasteiger partial charge in [-0.3, -0.25) is 9.59 Å². The Morgan fingerprint density at radius 1 is 1.53 bits per heavy atom. The molecule has 1 fully saturated rings. The van der Waals surface area contributed by atoms with Crippen molar-refractivity contribution < 1.29 is 19.4 Å². The molecular formula is C13H16N2O4. The average Bonchev–Trinajstić information content (AvgIpc) is 2.41. The number of carboxylic acids is 1. The first-order valence-corrected chi connectivity index (χ1v) is 6.04. The second-order valence-electron chi connectivity index (χ2n) is 4.54. The van der Waals surface area contributed by atoms with E-state index in [1.54, 1.807) is 25.2 Å².